The summed E-state index contributed by atoms with van der Waals surface area (Å²) in [7, 11) is 0. The van der Waals surface area contributed by atoms with Gasteiger partial charge in [0.2, 0.25) is 5.91 Å². The summed E-state index contributed by atoms with van der Waals surface area (Å²) < 4.78 is 0. The highest BCUT2D eigenvalue weighted by Crippen LogP contribution is 2.31. The lowest BCUT2D eigenvalue weighted by Gasteiger charge is -2.15. The van der Waals surface area contributed by atoms with E-state index in [-0.39, 0.29) is 11.7 Å². The normalized spacial score (nSPS) is 13.2. The fourth-order valence-electron chi connectivity index (χ4n) is 2.56. The number of carbonyl (C=O) groups excluding carboxylic acids is 1. The minimum absolute atomic E-state index is 0.0810. The number of aromatic hydroxyl groups is 1. The predicted octanol–water partition coefficient (Wildman–Crippen LogP) is 3.04. The van der Waals surface area contributed by atoms with Crippen molar-refractivity contribution < 1.29 is 9.90 Å². The van der Waals surface area contributed by atoms with Crippen LogP contribution in [0.25, 0.3) is 0 Å². The molecule has 0 radical (unpaired) electrons. The van der Waals surface area contributed by atoms with Gasteiger partial charge in [-0.05, 0) is 42.3 Å². The number of phenolic OH excluding ortho intramolecular Hbond substituents is 1. The first-order valence-corrected chi connectivity index (χ1v) is 6.60. The van der Waals surface area contributed by atoms with Crippen molar-refractivity contribution in [3.8, 4) is 5.75 Å². The van der Waals surface area contributed by atoms with E-state index >= 15 is 0 Å². The van der Waals surface area contributed by atoms with E-state index in [1.54, 1.807) is 30.0 Å². The first-order chi connectivity index (χ1) is 9.63. The molecule has 102 valence electrons. The molecular weight excluding hydrogens is 252 g/mol. The number of amides is 1. The second-order valence-corrected chi connectivity index (χ2v) is 4.94. The Bertz CT molecular complexity index is 667. The molecule has 2 aromatic carbocycles. The van der Waals surface area contributed by atoms with Gasteiger partial charge in [0, 0.05) is 36.6 Å². The Morgan fingerprint density at radius 1 is 1.20 bits per heavy atom. The highest BCUT2D eigenvalue weighted by atomic mass is 16.3. The summed E-state index contributed by atoms with van der Waals surface area (Å²) in [5.41, 5.74) is 3.97. The largest absolute Gasteiger partial charge is 0.508 e. The molecule has 1 heterocycles. The molecule has 4 nitrogen and oxygen atoms in total. The number of hydrogen-bond donors (Lipinski definition) is 2. The van der Waals surface area contributed by atoms with E-state index in [1.165, 1.54) is 5.56 Å². The number of nitrogens with one attached hydrogen (secondary N) is 1. The predicted molar refractivity (Wildman–Crippen MR) is 79.6 cm³/mol. The number of fused-ring (bicyclic) bond motifs is 1. The molecule has 3 rings (SSSR count). The maximum absolute atomic E-state index is 11.5. The van der Waals surface area contributed by atoms with Crippen LogP contribution in [0.2, 0.25) is 0 Å². The molecule has 2 aromatic rings. The SMILES string of the molecule is CC(=O)N1CCc2cc(Nc3cccc(O)c3)ccc21. The number of carbonyl (C=O) groups is 1. The molecule has 0 atom stereocenters. The van der Waals surface area contributed by atoms with Crippen LogP contribution in [0.5, 0.6) is 5.75 Å². The monoisotopic (exact) mass is 268 g/mol. The fourth-order valence-corrected chi connectivity index (χ4v) is 2.56. The van der Waals surface area contributed by atoms with E-state index in [0.717, 1.165) is 30.0 Å². The summed E-state index contributed by atoms with van der Waals surface area (Å²) in [6, 6.07) is 13.0. The van der Waals surface area contributed by atoms with Crippen molar-refractivity contribution >= 4 is 23.0 Å². The van der Waals surface area contributed by atoms with Crippen LogP contribution in [0.1, 0.15) is 12.5 Å². The summed E-state index contributed by atoms with van der Waals surface area (Å²) in [6.07, 6.45) is 0.879. The minimum Gasteiger partial charge on any atom is -0.508 e. The number of phenols is 1. The van der Waals surface area contributed by atoms with Gasteiger partial charge in [-0.25, -0.2) is 0 Å². The second-order valence-electron chi connectivity index (χ2n) is 4.94. The van der Waals surface area contributed by atoms with Gasteiger partial charge in [-0.15, -0.1) is 0 Å². The molecular formula is C16H16N2O2. The van der Waals surface area contributed by atoms with Gasteiger partial charge in [-0.1, -0.05) is 6.07 Å². The highest BCUT2D eigenvalue weighted by Gasteiger charge is 2.21. The molecule has 0 saturated carbocycles. The lowest BCUT2D eigenvalue weighted by atomic mass is 10.1. The van der Waals surface area contributed by atoms with Gasteiger partial charge in [0.15, 0.2) is 0 Å². The standard InChI is InChI=1S/C16H16N2O2/c1-11(19)18-8-7-12-9-14(5-6-16(12)18)17-13-3-2-4-15(20)10-13/h2-6,9-10,17,20H,7-8H2,1H3. The van der Waals surface area contributed by atoms with Crippen LogP contribution in [0.3, 0.4) is 0 Å². The zero-order valence-electron chi connectivity index (χ0n) is 11.3. The molecule has 4 heteroatoms. The molecule has 20 heavy (non-hydrogen) atoms. The summed E-state index contributed by atoms with van der Waals surface area (Å²) in [5, 5.41) is 12.7. The molecule has 0 bridgehead atoms. The Labute approximate surface area is 117 Å². The molecule has 0 saturated heterocycles. The lowest BCUT2D eigenvalue weighted by molar-refractivity contribution is -0.116. The molecule has 1 aliphatic rings. The Kier molecular flexibility index (Phi) is 3.06. The third-order valence-electron chi connectivity index (χ3n) is 3.49. The van der Waals surface area contributed by atoms with E-state index in [2.05, 4.69) is 11.4 Å². The van der Waals surface area contributed by atoms with Crippen LogP contribution >= 0.6 is 0 Å². The molecule has 1 amide bonds. The van der Waals surface area contributed by atoms with Crippen molar-refractivity contribution in [1.82, 2.24) is 0 Å². The van der Waals surface area contributed by atoms with Crippen molar-refractivity contribution in [1.29, 1.82) is 0 Å². The molecule has 0 spiro atoms. The summed E-state index contributed by atoms with van der Waals surface area (Å²) in [4.78, 5) is 13.3. The van der Waals surface area contributed by atoms with Crippen LogP contribution in [0.4, 0.5) is 17.1 Å². The van der Waals surface area contributed by atoms with Gasteiger partial charge >= 0.3 is 0 Å². The fraction of sp³-hybridized carbons (Fsp3) is 0.188. The molecule has 0 unspecified atom stereocenters. The Morgan fingerprint density at radius 3 is 2.75 bits per heavy atom. The van der Waals surface area contributed by atoms with Crippen molar-refractivity contribution in [2.75, 3.05) is 16.8 Å². The number of benzene rings is 2. The highest BCUT2D eigenvalue weighted by molar-refractivity contribution is 5.94. The van der Waals surface area contributed by atoms with Gasteiger partial charge in [0.25, 0.3) is 0 Å². The summed E-state index contributed by atoms with van der Waals surface area (Å²) in [6.45, 7) is 2.34. The smallest absolute Gasteiger partial charge is 0.223 e. The van der Waals surface area contributed by atoms with Crippen LogP contribution in [0, 0.1) is 0 Å². The summed E-state index contributed by atoms with van der Waals surface area (Å²) in [5.74, 6) is 0.316. The maximum atomic E-state index is 11.5. The van der Waals surface area contributed by atoms with Crippen LogP contribution in [-0.2, 0) is 11.2 Å². The molecule has 0 aliphatic carbocycles. The Hall–Kier alpha value is -2.49. The number of rotatable bonds is 2. The number of hydrogen-bond acceptors (Lipinski definition) is 3. The van der Waals surface area contributed by atoms with E-state index in [1.807, 2.05) is 18.2 Å². The average Bonchev–Trinajstić information content (AvgIpc) is 2.82. The van der Waals surface area contributed by atoms with E-state index in [4.69, 9.17) is 0 Å². The van der Waals surface area contributed by atoms with Gasteiger partial charge in [0.05, 0.1) is 0 Å². The molecule has 1 aliphatic heterocycles. The van der Waals surface area contributed by atoms with Crippen molar-refractivity contribution in [2.45, 2.75) is 13.3 Å². The van der Waals surface area contributed by atoms with E-state index in [9.17, 15) is 9.90 Å². The zero-order valence-corrected chi connectivity index (χ0v) is 11.3. The zero-order chi connectivity index (χ0) is 14.1. The van der Waals surface area contributed by atoms with Crippen molar-refractivity contribution in [2.24, 2.45) is 0 Å². The quantitative estimate of drug-likeness (QED) is 0.880. The van der Waals surface area contributed by atoms with E-state index < -0.39 is 0 Å². The Balaban J connectivity index is 1.85. The van der Waals surface area contributed by atoms with Gasteiger partial charge in [0.1, 0.15) is 5.75 Å². The van der Waals surface area contributed by atoms with Crippen molar-refractivity contribution in [3.05, 3.63) is 48.0 Å². The molecule has 0 aromatic heterocycles. The maximum Gasteiger partial charge on any atom is 0.223 e. The second kappa shape index (κ2) is 4.89. The van der Waals surface area contributed by atoms with Gasteiger partial charge in [-0.3, -0.25) is 4.79 Å². The summed E-state index contributed by atoms with van der Waals surface area (Å²) >= 11 is 0. The number of anilines is 3. The Morgan fingerprint density at radius 2 is 2.00 bits per heavy atom. The molecule has 0 fully saturated rings. The van der Waals surface area contributed by atoms with Crippen molar-refractivity contribution in [3.63, 3.8) is 0 Å². The van der Waals surface area contributed by atoms with Crippen LogP contribution < -0.4 is 10.2 Å². The topological polar surface area (TPSA) is 52.6 Å². The van der Waals surface area contributed by atoms with Gasteiger partial charge < -0.3 is 15.3 Å². The molecule has 2 N–H and O–H groups in total. The van der Waals surface area contributed by atoms with Crippen LogP contribution in [0.15, 0.2) is 42.5 Å². The first-order valence-electron chi connectivity index (χ1n) is 6.60. The van der Waals surface area contributed by atoms with Crippen LogP contribution in [-0.4, -0.2) is 17.6 Å². The third-order valence-corrected chi connectivity index (χ3v) is 3.49. The third kappa shape index (κ3) is 2.32. The number of nitrogens with zero attached hydrogens (tertiary/aromatic N) is 1. The van der Waals surface area contributed by atoms with E-state index in [0.29, 0.717) is 0 Å². The first kappa shape index (κ1) is 12.5. The lowest BCUT2D eigenvalue weighted by Crippen LogP contribution is -2.25. The van der Waals surface area contributed by atoms with Gasteiger partial charge in [-0.2, -0.15) is 0 Å². The average molecular weight is 268 g/mol. The minimum atomic E-state index is 0.0810.